The summed E-state index contributed by atoms with van der Waals surface area (Å²) in [5, 5.41) is 5.35. The van der Waals surface area contributed by atoms with E-state index in [1.165, 1.54) is 36.9 Å². The van der Waals surface area contributed by atoms with E-state index >= 15 is 0 Å². The summed E-state index contributed by atoms with van der Waals surface area (Å²) in [6.45, 7) is 1.52. The van der Waals surface area contributed by atoms with Crippen LogP contribution in [0.1, 0.15) is 61.6 Å². The molecule has 8 heteroatoms. The highest BCUT2D eigenvalue weighted by molar-refractivity contribution is 6.30. The van der Waals surface area contributed by atoms with Crippen LogP contribution in [-0.2, 0) is 4.74 Å². The zero-order valence-electron chi connectivity index (χ0n) is 21.0. The van der Waals surface area contributed by atoms with Gasteiger partial charge in [0.1, 0.15) is 17.6 Å². The predicted molar refractivity (Wildman–Crippen MR) is 145 cm³/mol. The van der Waals surface area contributed by atoms with Gasteiger partial charge in [0.15, 0.2) is 17.3 Å². The number of fused-ring (bicyclic) bond motifs is 1. The summed E-state index contributed by atoms with van der Waals surface area (Å²) in [7, 11) is 1.66. The average Bonchev–Trinajstić information content (AvgIpc) is 3.56. The summed E-state index contributed by atoms with van der Waals surface area (Å²) in [6.07, 6.45) is 8.34. The van der Waals surface area contributed by atoms with Crippen molar-refractivity contribution in [1.29, 1.82) is 0 Å². The van der Waals surface area contributed by atoms with Crippen molar-refractivity contribution in [2.45, 2.75) is 50.4 Å². The van der Waals surface area contributed by atoms with E-state index in [0.29, 0.717) is 39.9 Å². The summed E-state index contributed by atoms with van der Waals surface area (Å²) < 4.78 is 19.7. The van der Waals surface area contributed by atoms with E-state index in [1.54, 1.807) is 19.5 Å². The molecule has 0 atom stereocenters. The minimum Gasteiger partial charge on any atom is -0.493 e. The van der Waals surface area contributed by atoms with Crippen molar-refractivity contribution in [3.05, 3.63) is 65.1 Å². The number of methoxy groups -OCH3 is 1. The number of ether oxygens (including phenoxy) is 3. The summed E-state index contributed by atoms with van der Waals surface area (Å²) in [5.41, 5.74) is 12.2. The third kappa shape index (κ3) is 4.51. The van der Waals surface area contributed by atoms with Crippen LogP contribution >= 0.6 is 11.6 Å². The number of aromatic nitrogens is 3. The molecule has 6 rings (SSSR count). The van der Waals surface area contributed by atoms with Gasteiger partial charge in [0, 0.05) is 29.7 Å². The minimum absolute atomic E-state index is 0.369. The Morgan fingerprint density at radius 3 is 2.57 bits per heavy atom. The number of nitrogen functional groups attached to an aromatic ring is 1. The molecule has 37 heavy (non-hydrogen) atoms. The van der Waals surface area contributed by atoms with Crippen LogP contribution in [0, 0.1) is 0 Å². The SMILES string of the molecule is COc1cc(-c2c(C3CCOCC3)c(C3CCCC3)n3ncnc(N)c23)ccc1Oc1cccc(Cl)c1. The predicted octanol–water partition coefficient (Wildman–Crippen LogP) is 6.98. The standard InChI is InChI=1S/C29H31ClN4O3/c1-35-24-15-20(9-10-23(24)37-22-8-4-7-21(30)16-22)26-25(18-11-13-36-14-12-18)27(19-5-2-3-6-19)34-28(26)29(31)32-17-33-34/h4,7-10,15-19H,2-3,5-6,11-14H2,1H3,(H2,31,32,33). The fourth-order valence-electron chi connectivity index (χ4n) is 6.00. The Labute approximate surface area is 221 Å². The highest BCUT2D eigenvalue weighted by atomic mass is 35.5. The molecular formula is C29H31ClN4O3. The smallest absolute Gasteiger partial charge is 0.169 e. The average molecular weight is 519 g/mol. The summed E-state index contributed by atoms with van der Waals surface area (Å²) in [5.74, 6) is 3.21. The number of rotatable bonds is 6. The van der Waals surface area contributed by atoms with Crippen LogP contribution in [0.25, 0.3) is 16.6 Å². The number of nitrogens with two attached hydrogens (primary N) is 1. The van der Waals surface area contributed by atoms with Crippen LogP contribution in [0.3, 0.4) is 0 Å². The third-order valence-electron chi connectivity index (χ3n) is 7.68. The molecule has 2 aromatic carbocycles. The molecule has 2 fully saturated rings. The molecule has 2 aliphatic rings. The fraction of sp³-hybridized carbons (Fsp3) is 0.379. The Balaban J connectivity index is 1.54. The van der Waals surface area contributed by atoms with Gasteiger partial charge in [-0.25, -0.2) is 9.50 Å². The van der Waals surface area contributed by atoms with E-state index in [9.17, 15) is 0 Å². The first kappa shape index (κ1) is 24.1. The lowest BCUT2D eigenvalue weighted by atomic mass is 9.83. The maximum Gasteiger partial charge on any atom is 0.169 e. The lowest BCUT2D eigenvalue weighted by Crippen LogP contribution is -2.16. The van der Waals surface area contributed by atoms with Gasteiger partial charge in [0.05, 0.1) is 12.8 Å². The molecule has 0 spiro atoms. The molecular weight excluding hydrogens is 488 g/mol. The fourth-order valence-corrected chi connectivity index (χ4v) is 6.18. The molecule has 0 amide bonds. The number of hydrogen-bond donors (Lipinski definition) is 1. The number of benzene rings is 2. The quantitative estimate of drug-likeness (QED) is 0.296. The maximum atomic E-state index is 6.56. The molecule has 1 aliphatic heterocycles. The zero-order valence-corrected chi connectivity index (χ0v) is 21.7. The molecule has 0 unspecified atom stereocenters. The molecule has 1 saturated carbocycles. The molecule has 0 bridgehead atoms. The normalized spacial score (nSPS) is 16.9. The van der Waals surface area contributed by atoms with Crippen molar-refractivity contribution in [2.75, 3.05) is 26.1 Å². The van der Waals surface area contributed by atoms with E-state index in [2.05, 4.69) is 15.6 Å². The van der Waals surface area contributed by atoms with Crippen LogP contribution in [0.2, 0.25) is 5.02 Å². The molecule has 7 nitrogen and oxygen atoms in total. The van der Waals surface area contributed by atoms with Gasteiger partial charge in [-0.3, -0.25) is 0 Å². The Kier molecular flexibility index (Phi) is 6.65. The van der Waals surface area contributed by atoms with Crippen LogP contribution in [0.5, 0.6) is 17.2 Å². The Morgan fingerprint density at radius 2 is 1.81 bits per heavy atom. The number of hydrogen-bond acceptors (Lipinski definition) is 6. The number of nitrogens with zero attached hydrogens (tertiary/aromatic N) is 3. The molecule has 1 aliphatic carbocycles. The van der Waals surface area contributed by atoms with E-state index in [1.807, 2.05) is 30.3 Å². The van der Waals surface area contributed by atoms with Crippen molar-refractivity contribution >= 4 is 22.9 Å². The van der Waals surface area contributed by atoms with Gasteiger partial charge in [-0.15, -0.1) is 0 Å². The van der Waals surface area contributed by atoms with E-state index in [0.717, 1.165) is 42.7 Å². The maximum absolute atomic E-state index is 6.56. The van der Waals surface area contributed by atoms with Crippen molar-refractivity contribution in [1.82, 2.24) is 14.6 Å². The van der Waals surface area contributed by atoms with Gasteiger partial charge < -0.3 is 19.9 Å². The Hall–Kier alpha value is -3.29. The summed E-state index contributed by atoms with van der Waals surface area (Å²) >= 11 is 6.16. The van der Waals surface area contributed by atoms with Crippen LogP contribution in [-0.4, -0.2) is 34.9 Å². The molecule has 0 radical (unpaired) electrons. The van der Waals surface area contributed by atoms with Crippen molar-refractivity contribution in [2.24, 2.45) is 0 Å². The second kappa shape index (κ2) is 10.2. The highest BCUT2D eigenvalue weighted by Gasteiger charge is 2.34. The molecule has 1 saturated heterocycles. The van der Waals surface area contributed by atoms with Gasteiger partial charge in [-0.1, -0.05) is 36.6 Å². The summed E-state index contributed by atoms with van der Waals surface area (Å²) in [6, 6.07) is 13.4. The minimum atomic E-state index is 0.369. The molecule has 4 aromatic rings. The van der Waals surface area contributed by atoms with Gasteiger partial charge in [0.2, 0.25) is 0 Å². The highest BCUT2D eigenvalue weighted by Crippen LogP contribution is 2.49. The lowest BCUT2D eigenvalue weighted by molar-refractivity contribution is 0.0852. The lowest BCUT2D eigenvalue weighted by Gasteiger charge is -2.26. The van der Waals surface area contributed by atoms with E-state index in [4.69, 9.17) is 36.6 Å². The van der Waals surface area contributed by atoms with Gasteiger partial charge in [-0.2, -0.15) is 5.10 Å². The zero-order chi connectivity index (χ0) is 25.4. The molecule has 2 N–H and O–H groups in total. The first-order chi connectivity index (χ1) is 18.1. The Bertz CT molecular complexity index is 1420. The number of anilines is 1. The van der Waals surface area contributed by atoms with Crippen LogP contribution in [0.4, 0.5) is 5.82 Å². The van der Waals surface area contributed by atoms with Gasteiger partial charge >= 0.3 is 0 Å². The van der Waals surface area contributed by atoms with Gasteiger partial charge in [0.25, 0.3) is 0 Å². The van der Waals surface area contributed by atoms with Crippen LogP contribution < -0.4 is 15.2 Å². The molecule has 3 heterocycles. The van der Waals surface area contributed by atoms with Crippen molar-refractivity contribution in [3.8, 4) is 28.4 Å². The van der Waals surface area contributed by atoms with Crippen LogP contribution in [0.15, 0.2) is 48.8 Å². The first-order valence-corrected chi connectivity index (χ1v) is 13.4. The van der Waals surface area contributed by atoms with Crippen molar-refractivity contribution < 1.29 is 14.2 Å². The largest absolute Gasteiger partial charge is 0.493 e. The van der Waals surface area contributed by atoms with E-state index < -0.39 is 0 Å². The topological polar surface area (TPSA) is 83.9 Å². The van der Waals surface area contributed by atoms with Gasteiger partial charge in [-0.05, 0) is 73.1 Å². The molecule has 192 valence electrons. The monoisotopic (exact) mass is 518 g/mol. The second-order valence-corrected chi connectivity index (χ2v) is 10.3. The third-order valence-corrected chi connectivity index (χ3v) is 7.91. The molecule has 2 aromatic heterocycles. The first-order valence-electron chi connectivity index (χ1n) is 13.0. The summed E-state index contributed by atoms with van der Waals surface area (Å²) in [4.78, 5) is 4.40. The Morgan fingerprint density at radius 1 is 1.00 bits per heavy atom. The van der Waals surface area contributed by atoms with Crippen molar-refractivity contribution in [3.63, 3.8) is 0 Å². The van der Waals surface area contributed by atoms with E-state index in [-0.39, 0.29) is 0 Å². The number of halogens is 1. The second-order valence-electron chi connectivity index (χ2n) is 9.87.